The quantitative estimate of drug-likeness (QED) is 0.802. The van der Waals surface area contributed by atoms with Gasteiger partial charge in [-0.1, -0.05) is 36.8 Å². The molecule has 7 heteroatoms. The molecule has 0 bridgehead atoms. The van der Waals surface area contributed by atoms with Gasteiger partial charge in [0, 0.05) is 18.7 Å². The minimum atomic E-state index is -3.41. The van der Waals surface area contributed by atoms with Crippen LogP contribution in [0, 0.1) is 12.3 Å². The fraction of sp³-hybridized carbons (Fsp3) is 0.381. The third kappa shape index (κ3) is 4.93. The molecule has 2 aromatic rings. The molecular formula is C21H27ClN2O3S. The normalized spacial score (nSPS) is 19.3. The molecule has 1 amide bonds. The summed E-state index contributed by atoms with van der Waals surface area (Å²) in [5.41, 5.74) is 8.05. The topological polar surface area (TPSA) is 80.5 Å². The summed E-state index contributed by atoms with van der Waals surface area (Å²) in [7, 11) is -3.41. The first kappa shape index (κ1) is 22.4. The van der Waals surface area contributed by atoms with Gasteiger partial charge >= 0.3 is 0 Å². The highest BCUT2D eigenvalue weighted by molar-refractivity contribution is 7.90. The van der Waals surface area contributed by atoms with E-state index in [0.717, 1.165) is 12.0 Å². The second kappa shape index (κ2) is 8.64. The molecular weight excluding hydrogens is 396 g/mol. The van der Waals surface area contributed by atoms with Crippen molar-refractivity contribution in [2.75, 3.05) is 19.6 Å². The van der Waals surface area contributed by atoms with E-state index in [9.17, 15) is 13.2 Å². The number of nitrogens with zero attached hydrogens (tertiary/aromatic N) is 1. The van der Waals surface area contributed by atoms with Crippen LogP contribution in [-0.2, 0) is 15.6 Å². The Morgan fingerprint density at radius 3 is 2.25 bits per heavy atom. The summed E-state index contributed by atoms with van der Waals surface area (Å²) in [6, 6.07) is 13.7. The van der Waals surface area contributed by atoms with Crippen LogP contribution in [0.15, 0.2) is 53.4 Å². The molecule has 1 aliphatic rings. The lowest BCUT2D eigenvalue weighted by molar-refractivity contribution is 0.0777. The summed E-state index contributed by atoms with van der Waals surface area (Å²) in [5, 5.41) is 0. The van der Waals surface area contributed by atoms with E-state index in [4.69, 9.17) is 5.73 Å². The Balaban J connectivity index is 0.00000280. The molecule has 1 saturated heterocycles. The van der Waals surface area contributed by atoms with Gasteiger partial charge < -0.3 is 10.6 Å². The summed E-state index contributed by atoms with van der Waals surface area (Å²) in [5.74, 6) is -0.112. The molecule has 0 spiro atoms. The van der Waals surface area contributed by atoms with Crippen LogP contribution in [-0.4, -0.2) is 38.9 Å². The zero-order valence-electron chi connectivity index (χ0n) is 16.2. The number of benzene rings is 2. The van der Waals surface area contributed by atoms with E-state index in [-0.39, 0.29) is 29.5 Å². The number of carbonyl (C=O) groups is 1. The molecule has 28 heavy (non-hydrogen) atoms. The van der Waals surface area contributed by atoms with E-state index >= 15 is 0 Å². The van der Waals surface area contributed by atoms with Crippen molar-refractivity contribution in [3.8, 4) is 0 Å². The number of amides is 1. The smallest absolute Gasteiger partial charge is 0.253 e. The molecule has 0 aliphatic carbocycles. The summed E-state index contributed by atoms with van der Waals surface area (Å²) in [4.78, 5) is 14.8. The molecule has 1 atom stereocenters. The maximum absolute atomic E-state index is 12.7. The van der Waals surface area contributed by atoms with Crippen LogP contribution >= 0.6 is 12.4 Å². The van der Waals surface area contributed by atoms with Crippen LogP contribution in [0.5, 0.6) is 0 Å². The number of hydrogen-bond donors (Lipinski definition) is 1. The number of aryl methyl sites for hydroxylation is 1. The van der Waals surface area contributed by atoms with Gasteiger partial charge in [-0.25, -0.2) is 8.42 Å². The first-order valence-electron chi connectivity index (χ1n) is 9.10. The molecule has 0 saturated carbocycles. The minimum Gasteiger partial charge on any atom is -0.338 e. The Labute approximate surface area is 173 Å². The van der Waals surface area contributed by atoms with Gasteiger partial charge in [0.25, 0.3) is 5.91 Å². The maximum atomic E-state index is 12.7. The van der Waals surface area contributed by atoms with Crippen molar-refractivity contribution in [1.29, 1.82) is 0 Å². The van der Waals surface area contributed by atoms with Crippen LogP contribution < -0.4 is 5.73 Å². The Morgan fingerprint density at radius 1 is 1.11 bits per heavy atom. The van der Waals surface area contributed by atoms with Gasteiger partial charge in [0.15, 0.2) is 9.84 Å². The molecule has 5 nitrogen and oxygen atoms in total. The summed E-state index contributed by atoms with van der Waals surface area (Å²) in [6.45, 7) is 5.94. The summed E-state index contributed by atoms with van der Waals surface area (Å²) >= 11 is 0. The van der Waals surface area contributed by atoms with Gasteiger partial charge in [0.1, 0.15) is 0 Å². The first-order valence-corrected chi connectivity index (χ1v) is 10.8. The molecule has 1 heterocycles. The van der Waals surface area contributed by atoms with Gasteiger partial charge in [-0.05, 0) is 55.1 Å². The van der Waals surface area contributed by atoms with Crippen molar-refractivity contribution >= 4 is 28.2 Å². The van der Waals surface area contributed by atoms with Gasteiger partial charge in [-0.15, -0.1) is 12.4 Å². The molecule has 2 N–H and O–H groups in total. The Kier molecular flexibility index (Phi) is 6.91. The van der Waals surface area contributed by atoms with E-state index in [2.05, 4.69) is 6.92 Å². The van der Waals surface area contributed by atoms with Crippen LogP contribution in [0.1, 0.15) is 34.8 Å². The highest BCUT2D eigenvalue weighted by Gasteiger charge is 2.35. The fourth-order valence-electron chi connectivity index (χ4n) is 3.34. The largest absolute Gasteiger partial charge is 0.338 e. The molecule has 1 unspecified atom stereocenters. The van der Waals surface area contributed by atoms with Crippen LogP contribution in [0.2, 0.25) is 0 Å². The van der Waals surface area contributed by atoms with E-state index in [1.54, 1.807) is 48.5 Å². The number of hydrogen-bond acceptors (Lipinski definition) is 4. The summed E-state index contributed by atoms with van der Waals surface area (Å²) in [6.07, 6.45) is 0.905. The predicted octanol–water partition coefficient (Wildman–Crippen LogP) is 3.20. The van der Waals surface area contributed by atoms with Crippen molar-refractivity contribution in [2.45, 2.75) is 30.9 Å². The number of nitrogens with two attached hydrogens (primary N) is 1. The number of halogens is 1. The third-order valence-corrected chi connectivity index (χ3v) is 6.98. The number of sulfone groups is 1. The third-order valence-electron chi connectivity index (χ3n) is 5.28. The molecule has 0 aromatic heterocycles. The van der Waals surface area contributed by atoms with E-state index in [0.29, 0.717) is 35.7 Å². The molecule has 152 valence electrons. The van der Waals surface area contributed by atoms with Crippen LogP contribution in [0.4, 0.5) is 0 Å². The van der Waals surface area contributed by atoms with Gasteiger partial charge in [0.2, 0.25) is 0 Å². The zero-order chi connectivity index (χ0) is 19.7. The van der Waals surface area contributed by atoms with Gasteiger partial charge in [-0.3, -0.25) is 4.79 Å². The van der Waals surface area contributed by atoms with Crippen molar-refractivity contribution < 1.29 is 13.2 Å². The van der Waals surface area contributed by atoms with E-state index in [1.807, 2.05) is 11.8 Å². The Hall–Kier alpha value is -1.89. The lowest BCUT2D eigenvalue weighted by atomic mass is 9.90. The second-order valence-corrected chi connectivity index (χ2v) is 9.75. The minimum absolute atomic E-state index is 0. The Bertz CT molecular complexity index is 927. The molecule has 3 rings (SSSR count). The molecule has 2 aromatic carbocycles. The standard InChI is InChI=1S/C21H26N2O3S.ClH/c1-16-3-9-19(10-4-16)27(25,26)13-17-5-7-18(8-6-17)20(24)23-12-11-21(2,14-22)15-23;/h3-10H,11-15,22H2,1-2H3;1H. The van der Waals surface area contributed by atoms with E-state index < -0.39 is 9.84 Å². The van der Waals surface area contributed by atoms with Crippen molar-refractivity contribution in [3.05, 3.63) is 65.2 Å². The zero-order valence-corrected chi connectivity index (χ0v) is 17.9. The first-order chi connectivity index (χ1) is 12.7. The van der Waals surface area contributed by atoms with E-state index in [1.165, 1.54) is 0 Å². The predicted molar refractivity (Wildman–Crippen MR) is 113 cm³/mol. The van der Waals surface area contributed by atoms with Gasteiger partial charge in [-0.2, -0.15) is 0 Å². The fourth-order valence-corrected chi connectivity index (χ4v) is 4.69. The molecule has 0 radical (unpaired) electrons. The van der Waals surface area contributed by atoms with Crippen LogP contribution in [0.3, 0.4) is 0 Å². The number of likely N-dealkylation sites (tertiary alicyclic amines) is 1. The lowest BCUT2D eigenvalue weighted by Crippen LogP contribution is -2.34. The Morgan fingerprint density at radius 2 is 1.71 bits per heavy atom. The lowest BCUT2D eigenvalue weighted by Gasteiger charge is -2.22. The van der Waals surface area contributed by atoms with Crippen molar-refractivity contribution in [2.24, 2.45) is 11.1 Å². The molecule has 1 fully saturated rings. The summed E-state index contributed by atoms with van der Waals surface area (Å²) < 4.78 is 25.1. The number of carbonyl (C=O) groups excluding carboxylic acids is 1. The van der Waals surface area contributed by atoms with Crippen molar-refractivity contribution in [1.82, 2.24) is 4.90 Å². The number of rotatable bonds is 5. The van der Waals surface area contributed by atoms with Gasteiger partial charge in [0.05, 0.1) is 10.6 Å². The average Bonchev–Trinajstić information content (AvgIpc) is 3.05. The average molecular weight is 423 g/mol. The second-order valence-electron chi connectivity index (χ2n) is 7.76. The SMILES string of the molecule is Cc1ccc(S(=O)(=O)Cc2ccc(C(=O)N3CCC(C)(CN)C3)cc2)cc1.Cl. The molecule has 1 aliphatic heterocycles. The van der Waals surface area contributed by atoms with Crippen molar-refractivity contribution in [3.63, 3.8) is 0 Å². The highest BCUT2D eigenvalue weighted by Crippen LogP contribution is 2.29. The highest BCUT2D eigenvalue weighted by atomic mass is 35.5. The maximum Gasteiger partial charge on any atom is 0.253 e. The monoisotopic (exact) mass is 422 g/mol. The van der Waals surface area contributed by atoms with Crippen LogP contribution in [0.25, 0.3) is 0 Å².